The van der Waals surface area contributed by atoms with Gasteiger partial charge in [0.15, 0.2) is 11.5 Å². The molecule has 0 spiro atoms. The van der Waals surface area contributed by atoms with Crippen molar-refractivity contribution in [2.75, 3.05) is 31.7 Å². The van der Waals surface area contributed by atoms with Crippen molar-refractivity contribution < 1.29 is 19.1 Å². The lowest BCUT2D eigenvalue weighted by atomic mass is 9.91. The summed E-state index contributed by atoms with van der Waals surface area (Å²) >= 11 is 0. The number of likely N-dealkylation sites (tertiary alicyclic amines) is 1. The van der Waals surface area contributed by atoms with Crippen LogP contribution in [0.25, 0.3) is 0 Å². The standard InChI is InChI=1S/C23H26N4O4/c28-22(25-17-6-7-19-20(12-17)31-14-30-19)16-8-10-27(11-9-16)23(29)18-13-24-26-21(18)15-4-2-1-3-5-15/h1-7,12,16,18,21,24,26H,8-11,13-14H2,(H,25,28). The van der Waals surface area contributed by atoms with Crippen LogP contribution in [0.3, 0.4) is 0 Å². The molecule has 0 saturated carbocycles. The summed E-state index contributed by atoms with van der Waals surface area (Å²) in [6.45, 7) is 1.99. The van der Waals surface area contributed by atoms with Gasteiger partial charge in [-0.25, -0.2) is 5.43 Å². The van der Waals surface area contributed by atoms with Gasteiger partial charge in [-0.05, 0) is 30.5 Å². The van der Waals surface area contributed by atoms with Crippen LogP contribution in [-0.4, -0.2) is 43.1 Å². The quantitative estimate of drug-likeness (QED) is 0.699. The zero-order chi connectivity index (χ0) is 21.2. The van der Waals surface area contributed by atoms with Crippen molar-refractivity contribution >= 4 is 17.5 Å². The molecule has 2 amide bonds. The van der Waals surface area contributed by atoms with Crippen LogP contribution in [0.5, 0.6) is 11.5 Å². The number of nitrogens with zero attached hydrogens (tertiary/aromatic N) is 1. The van der Waals surface area contributed by atoms with Gasteiger partial charge in [0.2, 0.25) is 18.6 Å². The predicted molar refractivity (Wildman–Crippen MR) is 114 cm³/mol. The van der Waals surface area contributed by atoms with Crippen molar-refractivity contribution in [1.82, 2.24) is 15.8 Å². The molecule has 2 unspecified atom stereocenters. The van der Waals surface area contributed by atoms with Crippen LogP contribution < -0.4 is 25.6 Å². The van der Waals surface area contributed by atoms with Gasteiger partial charge >= 0.3 is 0 Å². The van der Waals surface area contributed by atoms with Crippen LogP contribution in [-0.2, 0) is 9.59 Å². The minimum absolute atomic E-state index is 0.0164. The van der Waals surface area contributed by atoms with Gasteiger partial charge in [-0.3, -0.25) is 15.0 Å². The van der Waals surface area contributed by atoms with Crippen molar-refractivity contribution in [3.8, 4) is 11.5 Å². The number of anilines is 1. The number of rotatable bonds is 4. The Balaban J connectivity index is 1.16. The first-order valence-corrected chi connectivity index (χ1v) is 10.7. The van der Waals surface area contributed by atoms with E-state index in [-0.39, 0.29) is 36.5 Å². The molecule has 0 aliphatic carbocycles. The smallest absolute Gasteiger partial charge is 0.231 e. The molecule has 3 aliphatic heterocycles. The van der Waals surface area contributed by atoms with Gasteiger partial charge in [-0.15, -0.1) is 0 Å². The summed E-state index contributed by atoms with van der Waals surface area (Å²) in [5.74, 6) is 1.19. The average Bonchev–Trinajstić information content (AvgIpc) is 3.48. The van der Waals surface area contributed by atoms with E-state index in [0.717, 1.165) is 5.56 Å². The van der Waals surface area contributed by atoms with E-state index in [4.69, 9.17) is 9.47 Å². The molecule has 2 aromatic rings. The third kappa shape index (κ3) is 4.08. The van der Waals surface area contributed by atoms with Crippen LogP contribution in [0.15, 0.2) is 48.5 Å². The molecule has 0 aromatic heterocycles. The molecule has 162 valence electrons. The second-order valence-electron chi connectivity index (χ2n) is 8.18. The van der Waals surface area contributed by atoms with Gasteiger partial charge in [-0.2, -0.15) is 0 Å². The Morgan fingerprint density at radius 2 is 1.77 bits per heavy atom. The Labute approximate surface area is 180 Å². The van der Waals surface area contributed by atoms with Crippen molar-refractivity contribution in [2.24, 2.45) is 11.8 Å². The van der Waals surface area contributed by atoms with Crippen LogP contribution in [0.2, 0.25) is 0 Å². The maximum atomic E-state index is 13.2. The number of ether oxygens (including phenoxy) is 2. The van der Waals surface area contributed by atoms with Gasteiger partial charge in [0.25, 0.3) is 0 Å². The molecule has 8 nitrogen and oxygen atoms in total. The van der Waals surface area contributed by atoms with Gasteiger partial charge < -0.3 is 19.7 Å². The molecule has 2 fully saturated rings. The molecule has 2 atom stereocenters. The van der Waals surface area contributed by atoms with Crippen molar-refractivity contribution in [3.05, 3.63) is 54.1 Å². The zero-order valence-electron chi connectivity index (χ0n) is 17.2. The van der Waals surface area contributed by atoms with Crippen LogP contribution in [0.4, 0.5) is 5.69 Å². The first-order valence-electron chi connectivity index (χ1n) is 10.7. The first kappa shape index (κ1) is 19.8. The van der Waals surface area contributed by atoms with E-state index in [1.54, 1.807) is 12.1 Å². The van der Waals surface area contributed by atoms with E-state index >= 15 is 0 Å². The molecule has 2 saturated heterocycles. The van der Waals surface area contributed by atoms with E-state index in [0.29, 0.717) is 49.7 Å². The zero-order valence-corrected chi connectivity index (χ0v) is 17.2. The molecule has 3 N–H and O–H groups in total. The Morgan fingerprint density at radius 1 is 1.00 bits per heavy atom. The second kappa shape index (κ2) is 8.56. The fraction of sp³-hybridized carbons (Fsp3) is 0.391. The fourth-order valence-electron chi connectivity index (χ4n) is 4.52. The van der Waals surface area contributed by atoms with Crippen molar-refractivity contribution in [3.63, 3.8) is 0 Å². The lowest BCUT2D eigenvalue weighted by molar-refractivity contribution is -0.138. The Kier molecular flexibility index (Phi) is 5.48. The average molecular weight is 422 g/mol. The highest BCUT2D eigenvalue weighted by Gasteiger charge is 2.38. The summed E-state index contributed by atoms with van der Waals surface area (Å²) in [5, 5.41) is 2.97. The Bertz CT molecular complexity index is 959. The molecule has 3 aliphatic rings. The van der Waals surface area contributed by atoms with Crippen molar-refractivity contribution in [1.29, 1.82) is 0 Å². The number of hydrogen-bond acceptors (Lipinski definition) is 6. The highest BCUT2D eigenvalue weighted by atomic mass is 16.7. The lowest BCUT2D eigenvalue weighted by Crippen LogP contribution is -2.45. The summed E-state index contributed by atoms with van der Waals surface area (Å²) < 4.78 is 10.7. The van der Waals surface area contributed by atoms with E-state index < -0.39 is 0 Å². The van der Waals surface area contributed by atoms with Gasteiger partial charge in [0.05, 0.1) is 12.0 Å². The number of benzene rings is 2. The lowest BCUT2D eigenvalue weighted by Gasteiger charge is -2.34. The molecule has 31 heavy (non-hydrogen) atoms. The largest absolute Gasteiger partial charge is 0.454 e. The van der Waals surface area contributed by atoms with Crippen LogP contribution in [0.1, 0.15) is 24.4 Å². The topological polar surface area (TPSA) is 91.9 Å². The third-order valence-corrected chi connectivity index (χ3v) is 6.28. The maximum absolute atomic E-state index is 13.2. The molecular weight excluding hydrogens is 396 g/mol. The number of carbonyl (C=O) groups excluding carboxylic acids is 2. The number of hydrazine groups is 1. The van der Waals surface area contributed by atoms with E-state index in [9.17, 15) is 9.59 Å². The molecule has 0 radical (unpaired) electrons. The third-order valence-electron chi connectivity index (χ3n) is 6.28. The Hall–Kier alpha value is -3.10. The van der Waals surface area contributed by atoms with Crippen LogP contribution in [0, 0.1) is 11.8 Å². The van der Waals surface area contributed by atoms with E-state index in [1.807, 2.05) is 41.3 Å². The minimum atomic E-state index is -0.151. The normalized spacial score (nSPS) is 23.0. The molecular formula is C23H26N4O4. The number of carbonyl (C=O) groups is 2. The molecule has 2 aromatic carbocycles. The number of fused-ring (bicyclic) bond motifs is 1. The van der Waals surface area contributed by atoms with Gasteiger partial charge in [0.1, 0.15) is 0 Å². The van der Waals surface area contributed by atoms with Gasteiger partial charge in [-0.1, -0.05) is 30.3 Å². The second-order valence-corrected chi connectivity index (χ2v) is 8.18. The summed E-state index contributed by atoms with van der Waals surface area (Å²) in [6, 6.07) is 15.4. The number of piperidine rings is 1. The summed E-state index contributed by atoms with van der Waals surface area (Å²) in [6.07, 6.45) is 1.32. The summed E-state index contributed by atoms with van der Waals surface area (Å²) in [5.41, 5.74) is 8.16. The highest BCUT2D eigenvalue weighted by molar-refractivity contribution is 5.93. The van der Waals surface area contributed by atoms with Gasteiger partial charge in [0, 0.05) is 37.3 Å². The number of nitrogens with one attached hydrogen (secondary N) is 3. The van der Waals surface area contributed by atoms with E-state index in [1.165, 1.54) is 0 Å². The minimum Gasteiger partial charge on any atom is -0.454 e. The first-order chi connectivity index (χ1) is 15.2. The van der Waals surface area contributed by atoms with E-state index in [2.05, 4.69) is 16.2 Å². The molecule has 8 heteroatoms. The predicted octanol–water partition coefficient (Wildman–Crippen LogP) is 2.06. The monoisotopic (exact) mass is 422 g/mol. The molecule has 3 heterocycles. The number of hydrogen-bond donors (Lipinski definition) is 3. The summed E-state index contributed by atoms with van der Waals surface area (Å²) in [7, 11) is 0. The molecule has 0 bridgehead atoms. The fourth-order valence-corrected chi connectivity index (χ4v) is 4.52. The SMILES string of the molecule is O=C(Nc1ccc2c(c1)OCO2)C1CCN(C(=O)C2CNNC2c2ccccc2)CC1. The van der Waals surface area contributed by atoms with Crippen LogP contribution >= 0.6 is 0 Å². The Morgan fingerprint density at radius 3 is 2.58 bits per heavy atom. The maximum Gasteiger partial charge on any atom is 0.231 e. The molecule has 5 rings (SSSR count). The number of amides is 2. The highest BCUT2D eigenvalue weighted by Crippen LogP contribution is 2.34. The van der Waals surface area contributed by atoms with Crippen molar-refractivity contribution in [2.45, 2.75) is 18.9 Å². The summed E-state index contributed by atoms with van der Waals surface area (Å²) in [4.78, 5) is 27.8.